The van der Waals surface area contributed by atoms with Gasteiger partial charge in [-0.05, 0) is 18.2 Å². The van der Waals surface area contributed by atoms with Crippen molar-refractivity contribution in [2.24, 2.45) is 0 Å². The number of benzene rings is 1. The first kappa shape index (κ1) is 16.2. The van der Waals surface area contributed by atoms with Gasteiger partial charge in [-0.25, -0.2) is 0 Å². The van der Waals surface area contributed by atoms with E-state index in [0.29, 0.717) is 49.9 Å². The van der Waals surface area contributed by atoms with Gasteiger partial charge >= 0.3 is 0 Å². The second kappa shape index (κ2) is 7.29. The van der Waals surface area contributed by atoms with Crippen LogP contribution in [0.1, 0.15) is 10.4 Å². The van der Waals surface area contributed by atoms with Crippen LogP contribution >= 0.6 is 11.6 Å². The van der Waals surface area contributed by atoms with Crippen molar-refractivity contribution in [2.45, 2.75) is 6.10 Å². The predicted octanol–water partition coefficient (Wildman–Crippen LogP) is 0.613. The van der Waals surface area contributed by atoms with E-state index in [1.54, 1.807) is 34.1 Å². The molecule has 124 valence electrons. The fourth-order valence-corrected chi connectivity index (χ4v) is 3.05. The van der Waals surface area contributed by atoms with E-state index in [-0.39, 0.29) is 11.8 Å². The Labute approximate surface area is 140 Å². The van der Waals surface area contributed by atoms with E-state index in [4.69, 9.17) is 16.3 Å². The quantitative estimate of drug-likeness (QED) is 0.859. The summed E-state index contributed by atoms with van der Waals surface area (Å²) in [6.45, 7) is 4.01. The smallest absolute Gasteiger partial charge is 0.254 e. The molecule has 2 fully saturated rings. The van der Waals surface area contributed by atoms with Gasteiger partial charge in [-0.15, -0.1) is 0 Å². The van der Waals surface area contributed by atoms with E-state index < -0.39 is 6.10 Å². The number of amides is 2. The third-order valence-electron chi connectivity index (χ3n) is 4.15. The van der Waals surface area contributed by atoms with E-state index in [9.17, 15) is 9.59 Å². The largest absolute Gasteiger partial charge is 0.366 e. The molecular weight excluding hydrogens is 318 g/mol. The molecule has 1 aromatic rings. The van der Waals surface area contributed by atoms with Gasteiger partial charge in [0, 0.05) is 49.9 Å². The summed E-state index contributed by atoms with van der Waals surface area (Å²) in [5.41, 5.74) is 0.581. The maximum atomic E-state index is 12.5. The van der Waals surface area contributed by atoms with Crippen LogP contribution in [0.25, 0.3) is 0 Å². The minimum absolute atomic E-state index is 0.00653. The second-order valence-electron chi connectivity index (χ2n) is 5.69. The molecule has 0 aliphatic carbocycles. The number of ether oxygens (including phenoxy) is 1. The Morgan fingerprint density at radius 3 is 2.57 bits per heavy atom. The zero-order chi connectivity index (χ0) is 16.2. The van der Waals surface area contributed by atoms with Crippen LogP contribution in [0, 0.1) is 0 Å². The first-order chi connectivity index (χ1) is 11.1. The fraction of sp³-hybridized carbons (Fsp3) is 0.500. The van der Waals surface area contributed by atoms with E-state index in [2.05, 4.69) is 5.32 Å². The minimum atomic E-state index is -0.404. The monoisotopic (exact) mass is 337 g/mol. The topological polar surface area (TPSA) is 61.9 Å². The van der Waals surface area contributed by atoms with Gasteiger partial charge < -0.3 is 19.9 Å². The summed E-state index contributed by atoms with van der Waals surface area (Å²) in [6.07, 6.45) is -0.404. The Balaban J connectivity index is 1.55. The highest BCUT2D eigenvalue weighted by Crippen LogP contribution is 2.15. The van der Waals surface area contributed by atoms with Gasteiger partial charge in [0.15, 0.2) is 0 Å². The highest BCUT2D eigenvalue weighted by Gasteiger charge is 2.30. The molecule has 0 aromatic heterocycles. The summed E-state index contributed by atoms with van der Waals surface area (Å²) in [7, 11) is 0. The Morgan fingerprint density at radius 1 is 1.17 bits per heavy atom. The zero-order valence-electron chi connectivity index (χ0n) is 12.8. The van der Waals surface area contributed by atoms with Crippen molar-refractivity contribution in [3.8, 4) is 0 Å². The molecule has 2 amide bonds. The number of carbonyl (C=O) groups excluding carboxylic acids is 2. The SMILES string of the molecule is O=C(c1cccc(Cl)c1)N1CCN(C(=O)C2CNCCO2)CC1. The molecule has 0 spiro atoms. The van der Waals surface area contributed by atoms with Crippen LogP contribution in [-0.4, -0.2) is 73.6 Å². The number of nitrogens with one attached hydrogen (secondary N) is 1. The summed E-state index contributed by atoms with van der Waals surface area (Å²) in [5.74, 6) is -0.0396. The predicted molar refractivity (Wildman–Crippen MR) is 86.5 cm³/mol. The van der Waals surface area contributed by atoms with Crippen LogP contribution in [0.5, 0.6) is 0 Å². The number of morpholine rings is 1. The standard InChI is InChI=1S/C16H20ClN3O3/c17-13-3-1-2-12(10-13)15(21)19-5-7-20(8-6-19)16(22)14-11-18-4-9-23-14/h1-3,10,14,18H,4-9,11H2. The Morgan fingerprint density at radius 2 is 1.91 bits per heavy atom. The number of carbonyl (C=O) groups is 2. The van der Waals surface area contributed by atoms with Crippen LogP contribution in [0.2, 0.25) is 5.02 Å². The van der Waals surface area contributed by atoms with Gasteiger partial charge in [-0.1, -0.05) is 17.7 Å². The second-order valence-corrected chi connectivity index (χ2v) is 6.13. The molecule has 0 bridgehead atoms. The molecule has 2 aliphatic rings. The summed E-state index contributed by atoms with van der Waals surface area (Å²) in [6, 6.07) is 6.94. The van der Waals surface area contributed by atoms with Gasteiger partial charge in [-0.2, -0.15) is 0 Å². The van der Waals surface area contributed by atoms with Crippen LogP contribution in [0.15, 0.2) is 24.3 Å². The first-order valence-corrected chi connectivity index (χ1v) is 8.19. The molecule has 0 radical (unpaired) electrons. The average Bonchev–Trinajstić information content (AvgIpc) is 2.61. The molecule has 1 aromatic carbocycles. The van der Waals surface area contributed by atoms with Crippen molar-refractivity contribution in [1.29, 1.82) is 0 Å². The summed E-state index contributed by atoms with van der Waals surface area (Å²) >= 11 is 5.94. The number of hydrogen-bond acceptors (Lipinski definition) is 4. The summed E-state index contributed by atoms with van der Waals surface area (Å²) in [5, 5.41) is 3.71. The van der Waals surface area contributed by atoms with Crippen LogP contribution < -0.4 is 5.32 Å². The van der Waals surface area contributed by atoms with Crippen molar-refractivity contribution in [1.82, 2.24) is 15.1 Å². The lowest BCUT2D eigenvalue weighted by Gasteiger charge is -2.37. The molecule has 1 N–H and O–H groups in total. The molecule has 3 rings (SSSR count). The molecule has 6 nitrogen and oxygen atoms in total. The van der Waals surface area contributed by atoms with Crippen LogP contribution in [0.3, 0.4) is 0 Å². The Bertz CT molecular complexity index is 582. The van der Waals surface area contributed by atoms with Crippen molar-refractivity contribution in [3.05, 3.63) is 34.9 Å². The third kappa shape index (κ3) is 3.83. The lowest BCUT2D eigenvalue weighted by atomic mass is 10.1. The van der Waals surface area contributed by atoms with Crippen molar-refractivity contribution >= 4 is 23.4 Å². The van der Waals surface area contributed by atoms with Crippen molar-refractivity contribution < 1.29 is 14.3 Å². The summed E-state index contributed by atoms with van der Waals surface area (Å²) in [4.78, 5) is 28.4. The molecule has 1 atom stereocenters. The van der Waals surface area contributed by atoms with Crippen molar-refractivity contribution in [3.63, 3.8) is 0 Å². The molecular formula is C16H20ClN3O3. The van der Waals surface area contributed by atoms with E-state index in [1.165, 1.54) is 0 Å². The Hall–Kier alpha value is -1.63. The first-order valence-electron chi connectivity index (χ1n) is 7.81. The number of halogens is 1. The van der Waals surface area contributed by atoms with Gasteiger partial charge in [0.05, 0.1) is 6.61 Å². The lowest BCUT2D eigenvalue weighted by Crippen LogP contribution is -2.56. The van der Waals surface area contributed by atoms with Crippen molar-refractivity contribution in [2.75, 3.05) is 45.9 Å². The lowest BCUT2D eigenvalue weighted by molar-refractivity contribution is -0.146. The van der Waals surface area contributed by atoms with Gasteiger partial charge in [-0.3, -0.25) is 9.59 Å². The highest BCUT2D eigenvalue weighted by atomic mass is 35.5. The zero-order valence-corrected chi connectivity index (χ0v) is 13.6. The highest BCUT2D eigenvalue weighted by molar-refractivity contribution is 6.30. The average molecular weight is 338 g/mol. The van der Waals surface area contributed by atoms with E-state index in [1.807, 2.05) is 0 Å². The van der Waals surface area contributed by atoms with Gasteiger partial charge in [0.25, 0.3) is 11.8 Å². The Kier molecular flexibility index (Phi) is 5.15. The van der Waals surface area contributed by atoms with Crippen LogP contribution in [0.4, 0.5) is 0 Å². The molecule has 1 unspecified atom stereocenters. The number of hydrogen-bond donors (Lipinski definition) is 1. The third-order valence-corrected chi connectivity index (χ3v) is 4.39. The number of rotatable bonds is 2. The summed E-state index contributed by atoms with van der Waals surface area (Å²) < 4.78 is 5.50. The minimum Gasteiger partial charge on any atom is -0.366 e. The van der Waals surface area contributed by atoms with Crippen LogP contribution in [-0.2, 0) is 9.53 Å². The molecule has 23 heavy (non-hydrogen) atoms. The van der Waals surface area contributed by atoms with Gasteiger partial charge in [0.2, 0.25) is 0 Å². The van der Waals surface area contributed by atoms with Gasteiger partial charge in [0.1, 0.15) is 6.10 Å². The fourth-order valence-electron chi connectivity index (χ4n) is 2.86. The molecule has 2 aliphatic heterocycles. The molecule has 7 heteroatoms. The van der Waals surface area contributed by atoms with E-state index >= 15 is 0 Å². The molecule has 2 saturated heterocycles. The van der Waals surface area contributed by atoms with E-state index in [0.717, 1.165) is 6.54 Å². The maximum absolute atomic E-state index is 12.5. The molecule has 0 saturated carbocycles. The number of piperazine rings is 1. The molecule has 2 heterocycles. The normalized spacial score (nSPS) is 22.0. The number of nitrogens with zero attached hydrogens (tertiary/aromatic N) is 2. The maximum Gasteiger partial charge on any atom is 0.254 e.